The molecule has 0 atom stereocenters. The van der Waals surface area contributed by atoms with E-state index >= 15 is 0 Å². The first-order chi connectivity index (χ1) is 19.8. The van der Waals surface area contributed by atoms with E-state index in [2.05, 4.69) is 0 Å². The third-order valence-corrected chi connectivity index (χ3v) is 6.84. The van der Waals surface area contributed by atoms with Gasteiger partial charge < -0.3 is 0 Å². The molecule has 0 spiro atoms. The minimum atomic E-state index is -2.20. The largest absolute Gasteiger partial charge is 0.328 e. The van der Waals surface area contributed by atoms with E-state index in [-0.39, 0.29) is 0 Å². The summed E-state index contributed by atoms with van der Waals surface area (Å²) in [4.78, 5) is 127. The Kier molecular flexibility index (Phi) is 12.6. The molecule has 4 fully saturated rings. The van der Waals surface area contributed by atoms with Crippen LogP contribution in [0.25, 0.3) is 0 Å². The van der Waals surface area contributed by atoms with Crippen LogP contribution < -0.4 is 42.5 Å². The average molecular weight is 788 g/mol. The quantitative estimate of drug-likeness (QED) is 0.0987. The van der Waals surface area contributed by atoms with E-state index in [0.717, 1.165) is 0 Å². The molecule has 4 rings (SSSR count). The minimum Gasteiger partial charge on any atom is -0.275 e. The van der Waals surface area contributed by atoms with Crippen molar-refractivity contribution in [3.63, 3.8) is 0 Å². The maximum Gasteiger partial charge on any atom is 0.328 e. The molecule has 4 aliphatic rings. The van der Waals surface area contributed by atoms with Crippen molar-refractivity contribution in [2.45, 2.75) is 17.3 Å². The number of halogens is 8. The Bertz CT molecular complexity index is 1120. The molecule has 0 bridgehead atoms. The summed E-state index contributed by atoms with van der Waals surface area (Å²) in [5.41, 5.74) is 0. The van der Waals surface area contributed by atoms with Crippen LogP contribution in [0.4, 0.5) is 19.2 Å². The summed E-state index contributed by atoms with van der Waals surface area (Å²) in [6.07, 6.45) is 0. The number of hydrogen-bond acceptors (Lipinski definition) is 12. The van der Waals surface area contributed by atoms with Gasteiger partial charge in [-0.3, -0.25) is 80.9 Å². The maximum absolute atomic E-state index is 10.7. The lowest BCUT2D eigenvalue weighted by atomic mass is 10.3. The fourth-order valence-electron chi connectivity index (χ4n) is 1.99. The number of barbiturate groups is 4. The minimum absolute atomic E-state index is 0.920. The summed E-state index contributed by atoms with van der Waals surface area (Å²) >= 11 is 41.8. The van der Waals surface area contributed by atoms with E-state index < -0.39 is 88.7 Å². The van der Waals surface area contributed by atoms with Crippen LogP contribution in [0.1, 0.15) is 0 Å². The highest BCUT2D eigenvalue weighted by Crippen LogP contribution is 2.25. The van der Waals surface area contributed by atoms with E-state index in [4.69, 9.17) is 92.8 Å². The van der Waals surface area contributed by atoms with Crippen LogP contribution in [0.5, 0.6) is 0 Å². The van der Waals surface area contributed by atoms with E-state index in [1.807, 2.05) is 0 Å². The van der Waals surface area contributed by atoms with Gasteiger partial charge in [-0.05, 0) is 0 Å². The van der Waals surface area contributed by atoms with Gasteiger partial charge >= 0.3 is 24.1 Å². The molecule has 4 aliphatic heterocycles. The van der Waals surface area contributed by atoms with Gasteiger partial charge in [-0.25, -0.2) is 19.2 Å². The molecule has 0 saturated carbocycles. The Hall–Kier alpha value is -3.24. The fraction of sp³-hybridized carbons (Fsp3) is 0.250. The van der Waals surface area contributed by atoms with Crippen molar-refractivity contribution in [3.05, 3.63) is 0 Å². The van der Waals surface area contributed by atoms with Crippen LogP contribution in [0, 0.1) is 0 Å². The number of amides is 16. The summed E-state index contributed by atoms with van der Waals surface area (Å²) < 4.78 is -8.80. The number of imide groups is 8. The summed E-state index contributed by atoms with van der Waals surface area (Å²) in [5, 5.41) is 13.8. The van der Waals surface area contributed by atoms with Gasteiger partial charge in [-0.1, -0.05) is 92.8 Å². The summed E-state index contributed by atoms with van der Waals surface area (Å²) in [6.45, 7) is 0. The van der Waals surface area contributed by atoms with Crippen molar-refractivity contribution in [3.8, 4) is 0 Å². The number of alkyl halides is 8. The van der Waals surface area contributed by atoms with Crippen molar-refractivity contribution < 1.29 is 57.5 Å². The summed E-state index contributed by atoms with van der Waals surface area (Å²) in [6, 6.07) is -3.68. The van der Waals surface area contributed by atoms with Gasteiger partial charge in [-0.2, -0.15) is 0 Å². The van der Waals surface area contributed by atoms with Crippen molar-refractivity contribution in [1.29, 1.82) is 0 Å². The molecule has 240 valence electrons. The smallest absolute Gasteiger partial charge is 0.275 e. The van der Waals surface area contributed by atoms with Crippen LogP contribution in [0.15, 0.2) is 0 Å². The highest BCUT2D eigenvalue weighted by Gasteiger charge is 2.49. The molecular formula is C16H8Cl8N8O12. The Morgan fingerprint density at radius 3 is 0.432 bits per heavy atom. The zero-order valence-electron chi connectivity index (χ0n) is 19.9. The molecule has 0 aromatic heterocycles. The number of urea groups is 4. The van der Waals surface area contributed by atoms with Gasteiger partial charge in [0.25, 0.3) is 64.6 Å². The number of nitrogens with one attached hydrogen (secondary N) is 8. The zero-order chi connectivity index (χ0) is 34.6. The van der Waals surface area contributed by atoms with Crippen LogP contribution in [0.2, 0.25) is 0 Å². The molecule has 16 amide bonds. The molecular weight excluding hydrogens is 780 g/mol. The standard InChI is InChI=1S/4C4H2Cl2N2O3/c4*5-4(6)1(9)7-3(11)8-2(4)10/h4*(H2,7,8,9,10,11). The summed E-state index contributed by atoms with van der Waals surface area (Å²) in [5.74, 6) is -8.26. The molecule has 20 nitrogen and oxygen atoms in total. The lowest BCUT2D eigenvalue weighted by Gasteiger charge is -2.21. The Labute approximate surface area is 280 Å². The number of hydrogen-bond donors (Lipinski definition) is 8. The van der Waals surface area contributed by atoms with Crippen LogP contribution in [-0.4, -0.2) is 88.7 Å². The first-order valence-corrected chi connectivity index (χ1v) is 13.0. The second kappa shape index (κ2) is 14.2. The molecule has 0 aromatic carbocycles. The van der Waals surface area contributed by atoms with Crippen molar-refractivity contribution >= 4 is 164 Å². The van der Waals surface area contributed by atoms with Gasteiger partial charge in [0.15, 0.2) is 0 Å². The topological polar surface area (TPSA) is 301 Å². The van der Waals surface area contributed by atoms with E-state index in [0.29, 0.717) is 0 Å². The Morgan fingerprint density at radius 2 is 0.341 bits per heavy atom. The third-order valence-electron chi connectivity index (χ3n) is 4.10. The molecule has 0 aromatic rings. The average Bonchev–Trinajstić information content (AvgIpc) is 2.85. The lowest BCUT2D eigenvalue weighted by Crippen LogP contribution is -2.61. The molecule has 0 aliphatic carbocycles. The lowest BCUT2D eigenvalue weighted by molar-refractivity contribution is -0.132. The number of carbonyl (C=O) groups excluding carboxylic acids is 12. The SMILES string of the molecule is O=C1NC(=O)C(Cl)(Cl)C(=O)N1.O=C1NC(=O)C(Cl)(Cl)C(=O)N1.O=C1NC(=O)C(Cl)(Cl)C(=O)N1.O=C1NC(=O)C(Cl)(Cl)C(=O)N1. The number of carbonyl (C=O) groups is 12. The molecule has 44 heavy (non-hydrogen) atoms. The monoisotopic (exact) mass is 784 g/mol. The van der Waals surface area contributed by atoms with Gasteiger partial charge in [0.1, 0.15) is 0 Å². The first kappa shape index (κ1) is 38.8. The van der Waals surface area contributed by atoms with E-state index in [1.165, 1.54) is 0 Å². The first-order valence-electron chi connectivity index (χ1n) is 9.96. The Balaban J connectivity index is 0.000000293. The van der Waals surface area contributed by atoms with Gasteiger partial charge in [0, 0.05) is 0 Å². The summed E-state index contributed by atoms with van der Waals surface area (Å²) in [7, 11) is 0. The molecule has 8 N–H and O–H groups in total. The van der Waals surface area contributed by atoms with Gasteiger partial charge in [-0.15, -0.1) is 0 Å². The normalized spacial score (nSPS) is 22.5. The highest BCUT2D eigenvalue weighted by atomic mass is 35.5. The van der Waals surface area contributed by atoms with Gasteiger partial charge in [0.2, 0.25) is 0 Å². The van der Waals surface area contributed by atoms with Gasteiger partial charge in [0.05, 0.1) is 0 Å². The Morgan fingerprint density at radius 1 is 0.250 bits per heavy atom. The molecule has 4 heterocycles. The van der Waals surface area contributed by atoms with Crippen molar-refractivity contribution in [2.24, 2.45) is 0 Å². The van der Waals surface area contributed by atoms with E-state index in [9.17, 15) is 57.5 Å². The second-order valence-corrected chi connectivity index (χ2v) is 12.6. The van der Waals surface area contributed by atoms with E-state index in [1.54, 1.807) is 42.5 Å². The molecule has 0 radical (unpaired) electrons. The zero-order valence-corrected chi connectivity index (χ0v) is 26.0. The van der Waals surface area contributed by atoms with Crippen LogP contribution >= 0.6 is 92.8 Å². The highest BCUT2D eigenvalue weighted by molar-refractivity contribution is 6.71. The number of rotatable bonds is 0. The molecule has 0 unspecified atom stereocenters. The predicted octanol–water partition coefficient (Wildman–Crippen LogP) is -1.89. The third kappa shape index (κ3) is 9.38. The molecule has 28 heteroatoms. The van der Waals surface area contributed by atoms with Crippen molar-refractivity contribution in [1.82, 2.24) is 42.5 Å². The maximum atomic E-state index is 10.7. The predicted molar refractivity (Wildman–Crippen MR) is 144 cm³/mol. The van der Waals surface area contributed by atoms with Crippen molar-refractivity contribution in [2.75, 3.05) is 0 Å². The second-order valence-electron chi connectivity index (χ2n) is 7.25. The molecule has 4 saturated heterocycles. The van der Waals surface area contributed by atoms with Crippen LogP contribution in [-0.2, 0) is 38.4 Å². The fourth-order valence-corrected chi connectivity index (χ4v) is 2.75. The van der Waals surface area contributed by atoms with Crippen LogP contribution in [0.3, 0.4) is 0 Å².